The Morgan fingerprint density at radius 3 is 2.67 bits per heavy atom. The van der Waals surface area contributed by atoms with Crippen molar-refractivity contribution in [2.75, 3.05) is 23.3 Å². The third-order valence-electron chi connectivity index (χ3n) is 4.24. The quantitative estimate of drug-likeness (QED) is 0.904. The molecule has 1 unspecified atom stereocenters. The van der Waals surface area contributed by atoms with Crippen LogP contribution in [0.4, 0.5) is 16.2 Å². The molecule has 0 aromatic heterocycles. The van der Waals surface area contributed by atoms with E-state index in [1.807, 2.05) is 36.4 Å². The molecule has 2 N–H and O–H groups in total. The van der Waals surface area contributed by atoms with Crippen LogP contribution in [0.15, 0.2) is 53.4 Å². The number of urea groups is 1. The van der Waals surface area contributed by atoms with Crippen molar-refractivity contribution in [1.82, 2.24) is 5.32 Å². The molecule has 2 aliphatic heterocycles. The number of carbonyl (C=O) groups excluding carboxylic acids is 2. The molecule has 0 bridgehead atoms. The van der Waals surface area contributed by atoms with E-state index in [0.717, 1.165) is 17.8 Å². The first-order valence-electron chi connectivity index (χ1n) is 7.91. The molecule has 122 valence electrons. The van der Waals surface area contributed by atoms with Crippen molar-refractivity contribution in [1.29, 1.82) is 0 Å². The van der Waals surface area contributed by atoms with Crippen LogP contribution in [0.2, 0.25) is 0 Å². The lowest BCUT2D eigenvalue weighted by molar-refractivity contribution is -0.115. The molecule has 0 saturated carbocycles. The molecule has 24 heavy (non-hydrogen) atoms. The molecule has 1 fully saturated rings. The van der Waals surface area contributed by atoms with Crippen molar-refractivity contribution in [3.05, 3.63) is 54.1 Å². The van der Waals surface area contributed by atoms with E-state index in [2.05, 4.69) is 22.8 Å². The van der Waals surface area contributed by atoms with E-state index >= 15 is 0 Å². The first-order valence-corrected chi connectivity index (χ1v) is 8.79. The molecule has 0 radical (unpaired) electrons. The molecule has 0 aliphatic carbocycles. The van der Waals surface area contributed by atoms with Crippen molar-refractivity contribution < 1.29 is 9.59 Å². The highest BCUT2D eigenvalue weighted by molar-refractivity contribution is 8.01. The monoisotopic (exact) mass is 339 g/mol. The Kier molecular flexibility index (Phi) is 3.90. The number of thioether (sulfide) groups is 1. The van der Waals surface area contributed by atoms with Gasteiger partial charge in [-0.1, -0.05) is 18.2 Å². The van der Waals surface area contributed by atoms with Crippen LogP contribution in [-0.2, 0) is 11.2 Å². The molecule has 2 heterocycles. The second kappa shape index (κ2) is 6.20. The third-order valence-corrected chi connectivity index (χ3v) is 5.56. The Morgan fingerprint density at radius 1 is 1.17 bits per heavy atom. The zero-order chi connectivity index (χ0) is 16.5. The van der Waals surface area contributed by atoms with Gasteiger partial charge in [0.1, 0.15) is 0 Å². The first kappa shape index (κ1) is 15.1. The fourth-order valence-electron chi connectivity index (χ4n) is 2.99. The zero-order valence-corrected chi connectivity index (χ0v) is 13.8. The van der Waals surface area contributed by atoms with Gasteiger partial charge in [-0.15, -0.1) is 11.8 Å². The fraction of sp³-hybridized carbons (Fsp3) is 0.222. The maximum absolute atomic E-state index is 12.5. The number of benzene rings is 2. The lowest BCUT2D eigenvalue weighted by Gasteiger charge is -2.15. The molecule has 5 nitrogen and oxygen atoms in total. The summed E-state index contributed by atoms with van der Waals surface area (Å²) in [4.78, 5) is 27.0. The Labute approximate surface area is 144 Å². The van der Waals surface area contributed by atoms with Gasteiger partial charge in [0, 0.05) is 29.4 Å². The van der Waals surface area contributed by atoms with Crippen LogP contribution in [0.3, 0.4) is 0 Å². The summed E-state index contributed by atoms with van der Waals surface area (Å²) in [6, 6.07) is 15.5. The number of amides is 3. The highest BCUT2D eigenvalue weighted by atomic mass is 32.2. The van der Waals surface area contributed by atoms with Gasteiger partial charge in [0.15, 0.2) is 0 Å². The Balaban J connectivity index is 1.41. The summed E-state index contributed by atoms with van der Waals surface area (Å²) in [5.74, 6) is 0.0165. The lowest BCUT2D eigenvalue weighted by atomic mass is 10.1. The van der Waals surface area contributed by atoms with E-state index in [4.69, 9.17) is 0 Å². The van der Waals surface area contributed by atoms with Gasteiger partial charge in [0.2, 0.25) is 5.91 Å². The van der Waals surface area contributed by atoms with Gasteiger partial charge in [-0.05, 0) is 42.3 Å². The smallest absolute Gasteiger partial charge is 0.321 e. The number of hydrogen-bond donors (Lipinski definition) is 2. The van der Waals surface area contributed by atoms with E-state index in [9.17, 15) is 9.59 Å². The summed E-state index contributed by atoms with van der Waals surface area (Å²) >= 11 is 1.61. The Hall–Kier alpha value is -2.47. The van der Waals surface area contributed by atoms with Crippen LogP contribution in [0.25, 0.3) is 0 Å². The molecule has 3 amide bonds. The number of fused-ring (bicyclic) bond motifs is 1. The second-order valence-electron chi connectivity index (χ2n) is 5.84. The SMILES string of the molecule is O=C(Nc1ccc(N2CCNC2=O)cc1)C1Cc2ccccc2S1. The largest absolute Gasteiger partial charge is 0.336 e. The van der Waals surface area contributed by atoms with Crippen molar-refractivity contribution in [2.24, 2.45) is 0 Å². The Morgan fingerprint density at radius 2 is 1.96 bits per heavy atom. The van der Waals surface area contributed by atoms with Crippen molar-refractivity contribution >= 4 is 35.1 Å². The van der Waals surface area contributed by atoms with Crippen molar-refractivity contribution in [2.45, 2.75) is 16.6 Å². The van der Waals surface area contributed by atoms with Crippen LogP contribution in [-0.4, -0.2) is 30.3 Å². The molecule has 1 atom stereocenters. The van der Waals surface area contributed by atoms with Gasteiger partial charge in [-0.3, -0.25) is 9.69 Å². The number of carbonyl (C=O) groups is 2. The van der Waals surface area contributed by atoms with E-state index in [1.165, 1.54) is 10.5 Å². The maximum Gasteiger partial charge on any atom is 0.321 e. The maximum atomic E-state index is 12.5. The van der Waals surface area contributed by atoms with Crippen LogP contribution < -0.4 is 15.5 Å². The normalized spacial score (nSPS) is 19.1. The number of nitrogens with zero attached hydrogens (tertiary/aromatic N) is 1. The van der Waals surface area contributed by atoms with Gasteiger partial charge < -0.3 is 10.6 Å². The third kappa shape index (κ3) is 2.85. The zero-order valence-electron chi connectivity index (χ0n) is 13.0. The predicted octanol–water partition coefficient (Wildman–Crippen LogP) is 2.87. The van der Waals surface area contributed by atoms with Crippen molar-refractivity contribution in [3.63, 3.8) is 0 Å². The van der Waals surface area contributed by atoms with Crippen LogP contribution in [0.1, 0.15) is 5.56 Å². The average Bonchev–Trinajstić information content (AvgIpc) is 3.21. The minimum atomic E-state index is -0.0913. The summed E-state index contributed by atoms with van der Waals surface area (Å²) < 4.78 is 0. The van der Waals surface area contributed by atoms with Crippen LogP contribution in [0, 0.1) is 0 Å². The summed E-state index contributed by atoms with van der Waals surface area (Å²) in [7, 11) is 0. The summed E-state index contributed by atoms with van der Waals surface area (Å²) in [6.45, 7) is 1.33. The number of rotatable bonds is 3. The molecule has 2 aromatic rings. The van der Waals surface area contributed by atoms with Gasteiger partial charge in [-0.25, -0.2) is 4.79 Å². The van der Waals surface area contributed by atoms with Gasteiger partial charge >= 0.3 is 6.03 Å². The van der Waals surface area contributed by atoms with Crippen LogP contribution >= 0.6 is 11.8 Å². The minimum absolute atomic E-state index is 0.0165. The second-order valence-corrected chi connectivity index (χ2v) is 7.08. The average molecular weight is 339 g/mol. The molecule has 0 spiro atoms. The first-order chi connectivity index (χ1) is 11.7. The highest BCUT2D eigenvalue weighted by Crippen LogP contribution is 2.37. The molecule has 2 aliphatic rings. The number of hydrogen-bond acceptors (Lipinski definition) is 3. The van der Waals surface area contributed by atoms with Gasteiger partial charge in [0.25, 0.3) is 0 Å². The summed E-state index contributed by atoms with van der Waals surface area (Å²) in [5, 5.41) is 5.65. The Bertz CT molecular complexity index is 766. The van der Waals surface area contributed by atoms with Crippen LogP contribution in [0.5, 0.6) is 0 Å². The van der Waals surface area contributed by atoms with Gasteiger partial charge in [-0.2, -0.15) is 0 Å². The van der Waals surface area contributed by atoms with E-state index in [0.29, 0.717) is 13.1 Å². The molecule has 2 aromatic carbocycles. The summed E-state index contributed by atoms with van der Waals surface area (Å²) in [6.07, 6.45) is 0.763. The van der Waals surface area contributed by atoms with E-state index in [1.54, 1.807) is 16.7 Å². The predicted molar refractivity (Wildman–Crippen MR) is 95.6 cm³/mol. The summed E-state index contributed by atoms with van der Waals surface area (Å²) in [5.41, 5.74) is 2.82. The number of anilines is 2. The fourth-order valence-corrected chi connectivity index (χ4v) is 4.19. The lowest BCUT2D eigenvalue weighted by Crippen LogP contribution is -2.27. The molecule has 6 heteroatoms. The number of nitrogens with one attached hydrogen (secondary N) is 2. The molecule has 1 saturated heterocycles. The van der Waals surface area contributed by atoms with E-state index in [-0.39, 0.29) is 17.2 Å². The minimum Gasteiger partial charge on any atom is -0.336 e. The molecule has 4 rings (SSSR count). The molecular weight excluding hydrogens is 322 g/mol. The highest BCUT2D eigenvalue weighted by Gasteiger charge is 2.28. The van der Waals surface area contributed by atoms with E-state index < -0.39 is 0 Å². The molecular formula is C18H17N3O2S. The topological polar surface area (TPSA) is 61.4 Å². The standard InChI is InChI=1S/C18H17N3O2S/c22-17(16-11-12-3-1-2-4-15(12)24-16)20-13-5-7-14(8-6-13)21-10-9-19-18(21)23/h1-8,16H,9-11H2,(H,19,23)(H,20,22). The van der Waals surface area contributed by atoms with Crippen molar-refractivity contribution in [3.8, 4) is 0 Å². The van der Waals surface area contributed by atoms with Gasteiger partial charge in [0.05, 0.1) is 5.25 Å².